The Morgan fingerprint density at radius 3 is 2.67 bits per heavy atom. The molecule has 1 aromatic rings. The van der Waals surface area contributed by atoms with Crippen molar-refractivity contribution in [2.24, 2.45) is 0 Å². The van der Waals surface area contributed by atoms with E-state index in [1.807, 2.05) is 0 Å². The van der Waals surface area contributed by atoms with Crippen molar-refractivity contribution >= 4 is 50.0 Å². The Morgan fingerprint density at radius 1 is 1.56 bits per heavy atom. The summed E-state index contributed by atoms with van der Waals surface area (Å²) in [7, 11) is 0. The molecule has 0 unspecified atom stereocenters. The van der Waals surface area contributed by atoms with Gasteiger partial charge in [0.05, 0.1) is 12.5 Å². The van der Waals surface area contributed by atoms with Gasteiger partial charge in [0.2, 0.25) is 0 Å². The lowest BCUT2D eigenvalue weighted by atomic mass is 10.1. The zero-order chi connectivity index (χ0) is 13.9. The minimum absolute atomic E-state index is 0.0333. The zero-order valence-corrected chi connectivity index (χ0v) is 13.0. The van der Waals surface area contributed by atoms with E-state index in [4.69, 9.17) is 28.6 Å². The Kier molecular flexibility index (Phi) is 5.69. The maximum absolute atomic E-state index is 13.5. The molecule has 0 saturated carbocycles. The summed E-state index contributed by atoms with van der Waals surface area (Å²) in [6.07, 6.45) is -0.156. The van der Waals surface area contributed by atoms with Crippen LogP contribution in [-0.4, -0.2) is 16.4 Å². The van der Waals surface area contributed by atoms with Crippen molar-refractivity contribution in [3.8, 4) is 0 Å². The van der Waals surface area contributed by atoms with Crippen LogP contribution < -0.4 is 0 Å². The number of ether oxygens (including phenoxy) is 1. The SMILES string of the molecule is CC(C)OC(=O)Cc1cc(C(=S)Cl)c(F)cc1Br. The van der Waals surface area contributed by atoms with E-state index in [2.05, 4.69) is 15.9 Å². The third kappa shape index (κ3) is 4.30. The van der Waals surface area contributed by atoms with Crippen LogP contribution in [0.1, 0.15) is 25.0 Å². The van der Waals surface area contributed by atoms with Crippen molar-refractivity contribution in [2.75, 3.05) is 0 Å². The number of thiocarbonyl (C=S) groups is 1. The van der Waals surface area contributed by atoms with Crippen LogP contribution in [0, 0.1) is 5.82 Å². The monoisotopic (exact) mass is 352 g/mol. The van der Waals surface area contributed by atoms with Gasteiger partial charge in [0.25, 0.3) is 0 Å². The van der Waals surface area contributed by atoms with Gasteiger partial charge in [-0.3, -0.25) is 4.79 Å². The number of halogens is 3. The van der Waals surface area contributed by atoms with Crippen molar-refractivity contribution < 1.29 is 13.9 Å². The molecule has 0 bridgehead atoms. The van der Waals surface area contributed by atoms with Gasteiger partial charge >= 0.3 is 5.97 Å². The van der Waals surface area contributed by atoms with Gasteiger partial charge in [-0.15, -0.1) is 0 Å². The van der Waals surface area contributed by atoms with E-state index in [0.29, 0.717) is 10.0 Å². The predicted octanol–water partition coefficient (Wildman–Crippen LogP) is 4.00. The Bertz CT molecular complexity index is 491. The van der Waals surface area contributed by atoms with E-state index in [1.54, 1.807) is 13.8 Å². The molecule has 18 heavy (non-hydrogen) atoms. The zero-order valence-electron chi connectivity index (χ0n) is 9.80. The highest BCUT2D eigenvalue weighted by Crippen LogP contribution is 2.23. The minimum atomic E-state index is -0.525. The molecule has 0 spiro atoms. The van der Waals surface area contributed by atoms with E-state index in [-0.39, 0.29) is 28.4 Å². The second-order valence-electron chi connectivity index (χ2n) is 3.91. The highest BCUT2D eigenvalue weighted by atomic mass is 79.9. The molecular formula is C12H11BrClFO2S. The van der Waals surface area contributed by atoms with E-state index in [9.17, 15) is 9.18 Å². The van der Waals surface area contributed by atoms with Gasteiger partial charge in [-0.1, -0.05) is 39.7 Å². The molecule has 0 N–H and O–H groups in total. The standard InChI is InChI=1S/C12H11BrClFO2S/c1-6(2)17-11(16)4-7-3-8(12(14)18)10(15)5-9(7)13/h3,5-6H,4H2,1-2H3. The van der Waals surface area contributed by atoms with Crippen molar-refractivity contribution in [1.82, 2.24) is 0 Å². The van der Waals surface area contributed by atoms with Crippen molar-refractivity contribution in [1.29, 1.82) is 0 Å². The molecule has 0 aliphatic rings. The van der Waals surface area contributed by atoms with Crippen LogP contribution >= 0.6 is 39.7 Å². The summed E-state index contributed by atoms with van der Waals surface area (Å²) in [6, 6.07) is 2.69. The molecule has 0 fully saturated rings. The molecule has 6 heteroatoms. The predicted molar refractivity (Wildman–Crippen MR) is 76.6 cm³/mol. The molecule has 0 radical (unpaired) electrons. The highest BCUT2D eigenvalue weighted by Gasteiger charge is 2.14. The van der Waals surface area contributed by atoms with E-state index < -0.39 is 5.82 Å². The number of esters is 1. The van der Waals surface area contributed by atoms with E-state index in [1.165, 1.54) is 12.1 Å². The second kappa shape index (κ2) is 6.59. The fourth-order valence-corrected chi connectivity index (χ4v) is 2.10. The number of rotatable bonds is 4. The summed E-state index contributed by atoms with van der Waals surface area (Å²) in [6.45, 7) is 3.52. The molecule has 1 aromatic carbocycles. The molecular weight excluding hydrogens is 343 g/mol. The first-order valence-electron chi connectivity index (χ1n) is 5.18. The van der Waals surface area contributed by atoms with Gasteiger partial charge in [0, 0.05) is 10.0 Å². The van der Waals surface area contributed by atoms with Gasteiger partial charge in [0.15, 0.2) is 0 Å². The van der Waals surface area contributed by atoms with E-state index >= 15 is 0 Å². The van der Waals surface area contributed by atoms with Gasteiger partial charge in [-0.25, -0.2) is 4.39 Å². The van der Waals surface area contributed by atoms with Gasteiger partial charge in [-0.05, 0) is 31.5 Å². The van der Waals surface area contributed by atoms with Crippen molar-refractivity contribution in [2.45, 2.75) is 26.4 Å². The number of carbonyl (C=O) groups is 1. The molecule has 0 saturated heterocycles. The van der Waals surface area contributed by atoms with E-state index in [0.717, 1.165) is 0 Å². The normalized spacial score (nSPS) is 10.6. The van der Waals surface area contributed by atoms with Crippen LogP contribution in [-0.2, 0) is 16.0 Å². The summed E-state index contributed by atoms with van der Waals surface area (Å²) < 4.78 is 18.9. The topological polar surface area (TPSA) is 26.3 Å². The second-order valence-corrected chi connectivity index (χ2v) is 5.78. The molecule has 0 aliphatic carbocycles. The van der Waals surface area contributed by atoms with Crippen LogP contribution in [0.2, 0.25) is 0 Å². The van der Waals surface area contributed by atoms with Gasteiger partial charge in [-0.2, -0.15) is 0 Å². The molecule has 2 nitrogen and oxygen atoms in total. The maximum atomic E-state index is 13.5. The quantitative estimate of drug-likeness (QED) is 0.465. The van der Waals surface area contributed by atoms with Gasteiger partial charge in [0.1, 0.15) is 10.1 Å². The number of hydrogen-bond donors (Lipinski definition) is 0. The molecule has 0 aromatic heterocycles. The summed E-state index contributed by atoms with van der Waals surface area (Å²) in [4.78, 5) is 11.5. The lowest BCUT2D eigenvalue weighted by molar-refractivity contribution is -0.146. The average molecular weight is 354 g/mol. The molecule has 0 atom stereocenters. The fraction of sp³-hybridized carbons (Fsp3) is 0.333. The number of hydrogen-bond acceptors (Lipinski definition) is 3. The van der Waals surface area contributed by atoms with Crippen LogP contribution in [0.25, 0.3) is 0 Å². The minimum Gasteiger partial charge on any atom is -0.463 e. The Balaban J connectivity index is 2.99. The highest BCUT2D eigenvalue weighted by molar-refractivity contribution is 9.10. The smallest absolute Gasteiger partial charge is 0.310 e. The van der Waals surface area contributed by atoms with Crippen LogP contribution in [0.3, 0.4) is 0 Å². The largest absolute Gasteiger partial charge is 0.463 e. The van der Waals surface area contributed by atoms with Crippen molar-refractivity contribution in [3.63, 3.8) is 0 Å². The maximum Gasteiger partial charge on any atom is 0.310 e. The molecule has 98 valence electrons. The lowest BCUT2D eigenvalue weighted by Crippen LogP contribution is -2.14. The Hall–Kier alpha value is -0.520. The van der Waals surface area contributed by atoms with Crippen LogP contribution in [0.5, 0.6) is 0 Å². The molecule has 0 aliphatic heterocycles. The van der Waals surface area contributed by atoms with Crippen LogP contribution in [0.15, 0.2) is 16.6 Å². The first-order valence-corrected chi connectivity index (χ1v) is 6.76. The van der Waals surface area contributed by atoms with Crippen molar-refractivity contribution in [3.05, 3.63) is 33.5 Å². The average Bonchev–Trinajstić information content (AvgIpc) is 2.20. The van der Waals surface area contributed by atoms with Gasteiger partial charge < -0.3 is 4.74 Å². The fourth-order valence-electron chi connectivity index (χ4n) is 1.34. The first kappa shape index (κ1) is 15.5. The third-order valence-electron chi connectivity index (χ3n) is 2.05. The molecule has 0 heterocycles. The third-order valence-corrected chi connectivity index (χ3v) is 3.21. The summed E-state index contributed by atoms with van der Waals surface area (Å²) in [5.74, 6) is -0.911. The Labute approximate surface area is 124 Å². The summed E-state index contributed by atoms with van der Waals surface area (Å²) in [5, 5.41) is 0. The van der Waals surface area contributed by atoms with Crippen LogP contribution in [0.4, 0.5) is 4.39 Å². The summed E-state index contributed by atoms with van der Waals surface area (Å²) in [5.41, 5.74) is 0.697. The number of carbonyl (C=O) groups excluding carboxylic acids is 1. The Morgan fingerprint density at radius 2 is 2.17 bits per heavy atom. The number of benzene rings is 1. The molecule has 0 amide bonds. The molecule has 1 rings (SSSR count). The first-order chi connectivity index (χ1) is 8.31. The lowest BCUT2D eigenvalue weighted by Gasteiger charge is -2.10. The summed E-state index contributed by atoms with van der Waals surface area (Å²) >= 11 is 13.5.